The standard InChI is InChI=1S/C14H17N5/c1-11(2)8-16-9-14-17-10-18-19(14)13-5-3-4-12(6-13)7-15/h3-6,10-11,16H,8-9H2,1-2H3. The average Bonchev–Trinajstić information content (AvgIpc) is 2.87. The molecule has 0 bridgehead atoms. The molecule has 5 heteroatoms. The highest BCUT2D eigenvalue weighted by atomic mass is 15.3. The fraction of sp³-hybridized carbons (Fsp3) is 0.357. The van der Waals surface area contributed by atoms with E-state index in [9.17, 15) is 0 Å². The SMILES string of the molecule is CC(C)CNCc1ncnn1-c1cccc(C#N)c1. The van der Waals surface area contributed by atoms with Crippen LogP contribution in [-0.4, -0.2) is 21.3 Å². The van der Waals surface area contributed by atoms with Gasteiger partial charge < -0.3 is 5.32 Å². The predicted molar refractivity (Wildman–Crippen MR) is 72.6 cm³/mol. The third kappa shape index (κ3) is 3.39. The molecule has 1 N–H and O–H groups in total. The quantitative estimate of drug-likeness (QED) is 0.886. The summed E-state index contributed by atoms with van der Waals surface area (Å²) >= 11 is 0. The van der Waals surface area contributed by atoms with Crippen LogP contribution in [0.15, 0.2) is 30.6 Å². The van der Waals surface area contributed by atoms with Gasteiger partial charge in [0.05, 0.1) is 23.9 Å². The van der Waals surface area contributed by atoms with E-state index in [1.165, 1.54) is 6.33 Å². The summed E-state index contributed by atoms with van der Waals surface area (Å²) in [6.07, 6.45) is 1.53. The molecule has 19 heavy (non-hydrogen) atoms. The molecule has 5 nitrogen and oxygen atoms in total. The first-order valence-electron chi connectivity index (χ1n) is 6.31. The molecule has 0 radical (unpaired) electrons. The minimum absolute atomic E-state index is 0.596. The summed E-state index contributed by atoms with van der Waals surface area (Å²) < 4.78 is 1.76. The van der Waals surface area contributed by atoms with Crippen LogP contribution in [0.3, 0.4) is 0 Å². The Morgan fingerprint density at radius 3 is 3.00 bits per heavy atom. The monoisotopic (exact) mass is 255 g/mol. The van der Waals surface area contributed by atoms with E-state index in [0.717, 1.165) is 18.1 Å². The Morgan fingerprint density at radius 1 is 1.42 bits per heavy atom. The second kappa shape index (κ2) is 6.12. The van der Waals surface area contributed by atoms with Gasteiger partial charge >= 0.3 is 0 Å². The van der Waals surface area contributed by atoms with Gasteiger partial charge in [-0.3, -0.25) is 0 Å². The van der Waals surface area contributed by atoms with Crippen LogP contribution in [0.1, 0.15) is 25.2 Å². The van der Waals surface area contributed by atoms with Crippen LogP contribution in [0.4, 0.5) is 0 Å². The van der Waals surface area contributed by atoms with E-state index >= 15 is 0 Å². The number of aromatic nitrogens is 3. The lowest BCUT2D eigenvalue weighted by atomic mass is 10.2. The Balaban J connectivity index is 2.16. The third-order valence-electron chi connectivity index (χ3n) is 2.67. The van der Waals surface area contributed by atoms with Crippen LogP contribution in [0.2, 0.25) is 0 Å². The fourth-order valence-electron chi connectivity index (χ4n) is 1.78. The summed E-state index contributed by atoms with van der Waals surface area (Å²) in [5.41, 5.74) is 1.48. The van der Waals surface area contributed by atoms with E-state index in [0.29, 0.717) is 18.0 Å². The van der Waals surface area contributed by atoms with Crippen molar-refractivity contribution in [2.24, 2.45) is 5.92 Å². The largest absolute Gasteiger partial charge is 0.310 e. The van der Waals surface area contributed by atoms with Crippen LogP contribution < -0.4 is 5.32 Å². The van der Waals surface area contributed by atoms with Crippen LogP contribution >= 0.6 is 0 Å². The molecule has 0 spiro atoms. The number of rotatable bonds is 5. The average molecular weight is 255 g/mol. The van der Waals surface area contributed by atoms with Gasteiger partial charge in [-0.15, -0.1) is 0 Å². The van der Waals surface area contributed by atoms with Crippen LogP contribution in [0, 0.1) is 17.2 Å². The maximum absolute atomic E-state index is 8.92. The molecule has 2 aromatic rings. The third-order valence-corrected chi connectivity index (χ3v) is 2.67. The van der Waals surface area contributed by atoms with Gasteiger partial charge in [-0.2, -0.15) is 10.4 Å². The van der Waals surface area contributed by atoms with E-state index in [1.54, 1.807) is 16.8 Å². The summed E-state index contributed by atoms with van der Waals surface area (Å²) in [7, 11) is 0. The first-order valence-corrected chi connectivity index (χ1v) is 6.31. The van der Waals surface area contributed by atoms with Gasteiger partial charge in [-0.05, 0) is 30.7 Å². The molecule has 98 valence electrons. The van der Waals surface area contributed by atoms with Gasteiger partial charge in [0, 0.05) is 0 Å². The molecule has 0 aliphatic rings. The zero-order valence-corrected chi connectivity index (χ0v) is 11.2. The van der Waals surface area contributed by atoms with Crippen molar-refractivity contribution < 1.29 is 0 Å². The Bertz CT molecular complexity index is 580. The van der Waals surface area contributed by atoms with E-state index < -0.39 is 0 Å². The Morgan fingerprint density at radius 2 is 2.26 bits per heavy atom. The minimum Gasteiger partial charge on any atom is -0.310 e. The topological polar surface area (TPSA) is 66.5 Å². The molecule has 0 unspecified atom stereocenters. The summed E-state index contributed by atoms with van der Waals surface area (Å²) in [6, 6.07) is 9.48. The van der Waals surface area contributed by atoms with Crippen molar-refractivity contribution >= 4 is 0 Å². The Kier molecular flexibility index (Phi) is 4.26. The fourth-order valence-corrected chi connectivity index (χ4v) is 1.78. The summed E-state index contributed by atoms with van der Waals surface area (Å²) in [5.74, 6) is 1.44. The van der Waals surface area contributed by atoms with Gasteiger partial charge in [0.25, 0.3) is 0 Å². The van der Waals surface area contributed by atoms with Crippen molar-refractivity contribution in [1.82, 2.24) is 20.1 Å². The van der Waals surface area contributed by atoms with E-state index in [1.807, 2.05) is 12.1 Å². The van der Waals surface area contributed by atoms with Gasteiger partial charge in [-0.25, -0.2) is 9.67 Å². The highest BCUT2D eigenvalue weighted by Crippen LogP contribution is 2.10. The van der Waals surface area contributed by atoms with Crippen LogP contribution in [0.25, 0.3) is 5.69 Å². The summed E-state index contributed by atoms with van der Waals surface area (Å²) in [5, 5.41) is 16.5. The molecule has 1 heterocycles. The van der Waals surface area contributed by atoms with Crippen molar-refractivity contribution in [3.63, 3.8) is 0 Å². The van der Waals surface area contributed by atoms with Gasteiger partial charge in [-0.1, -0.05) is 19.9 Å². The lowest BCUT2D eigenvalue weighted by molar-refractivity contribution is 0.538. The van der Waals surface area contributed by atoms with Crippen molar-refractivity contribution in [2.45, 2.75) is 20.4 Å². The number of nitriles is 1. The first kappa shape index (κ1) is 13.2. The minimum atomic E-state index is 0.596. The molecule has 0 saturated heterocycles. The Labute approximate surface area is 112 Å². The van der Waals surface area contributed by atoms with Crippen molar-refractivity contribution in [2.75, 3.05) is 6.54 Å². The van der Waals surface area contributed by atoms with Crippen molar-refractivity contribution in [3.05, 3.63) is 42.0 Å². The smallest absolute Gasteiger partial charge is 0.146 e. The highest BCUT2D eigenvalue weighted by Gasteiger charge is 2.07. The lowest BCUT2D eigenvalue weighted by Gasteiger charge is -2.09. The number of benzene rings is 1. The van der Waals surface area contributed by atoms with E-state index in [-0.39, 0.29) is 0 Å². The first-order chi connectivity index (χ1) is 9.20. The van der Waals surface area contributed by atoms with Gasteiger partial charge in [0.2, 0.25) is 0 Å². The molecular weight excluding hydrogens is 238 g/mol. The lowest BCUT2D eigenvalue weighted by Crippen LogP contribution is -2.21. The van der Waals surface area contributed by atoms with E-state index in [2.05, 4.69) is 35.3 Å². The van der Waals surface area contributed by atoms with Crippen molar-refractivity contribution in [3.8, 4) is 11.8 Å². The van der Waals surface area contributed by atoms with E-state index in [4.69, 9.17) is 5.26 Å². The number of hydrogen-bond acceptors (Lipinski definition) is 4. The molecule has 1 aromatic carbocycles. The van der Waals surface area contributed by atoms with Gasteiger partial charge in [0.1, 0.15) is 12.2 Å². The molecule has 0 fully saturated rings. The molecular formula is C14H17N5. The summed E-state index contributed by atoms with van der Waals surface area (Å²) in [4.78, 5) is 4.25. The van der Waals surface area contributed by atoms with Crippen LogP contribution in [0.5, 0.6) is 0 Å². The number of nitrogens with one attached hydrogen (secondary N) is 1. The molecule has 1 aromatic heterocycles. The molecule has 0 saturated carbocycles. The zero-order valence-electron chi connectivity index (χ0n) is 11.2. The number of nitrogens with zero attached hydrogens (tertiary/aromatic N) is 4. The van der Waals surface area contributed by atoms with Gasteiger partial charge in [0.15, 0.2) is 0 Å². The second-order valence-corrected chi connectivity index (χ2v) is 4.77. The summed E-state index contributed by atoms with van der Waals surface area (Å²) in [6.45, 7) is 5.92. The second-order valence-electron chi connectivity index (χ2n) is 4.77. The molecule has 0 aliphatic carbocycles. The maximum Gasteiger partial charge on any atom is 0.146 e. The molecule has 0 aliphatic heterocycles. The van der Waals surface area contributed by atoms with Crippen LogP contribution in [-0.2, 0) is 6.54 Å². The Hall–Kier alpha value is -2.19. The maximum atomic E-state index is 8.92. The highest BCUT2D eigenvalue weighted by molar-refractivity contribution is 5.41. The molecule has 0 atom stereocenters. The molecule has 0 amide bonds. The number of hydrogen-bond donors (Lipinski definition) is 1. The van der Waals surface area contributed by atoms with Crippen molar-refractivity contribution in [1.29, 1.82) is 5.26 Å². The zero-order chi connectivity index (χ0) is 13.7. The molecule has 2 rings (SSSR count). The normalized spacial score (nSPS) is 10.6. The predicted octanol–water partition coefficient (Wildman–Crippen LogP) is 1.88.